The van der Waals surface area contributed by atoms with Crippen LogP contribution in [0.4, 0.5) is 4.79 Å². The molecule has 0 heterocycles. The van der Waals surface area contributed by atoms with Gasteiger partial charge in [0.1, 0.15) is 5.60 Å². The van der Waals surface area contributed by atoms with Crippen molar-refractivity contribution in [2.45, 2.75) is 45.4 Å². The zero-order chi connectivity index (χ0) is 24.6. The van der Waals surface area contributed by atoms with Gasteiger partial charge in [-0.3, -0.25) is 4.79 Å². The molecule has 34 heavy (non-hydrogen) atoms. The SMILES string of the molecule is CC(C)(C)OC(=O)NCc1ccccc1-c1ccccc1C(=O)N[C@@H](CO)Cc1ccccc1. The van der Waals surface area contributed by atoms with Crippen molar-refractivity contribution in [2.24, 2.45) is 0 Å². The number of aliphatic hydroxyl groups is 1. The number of ether oxygens (including phenoxy) is 1. The Morgan fingerprint density at radius 1 is 0.882 bits per heavy atom. The minimum atomic E-state index is -0.586. The molecule has 0 aromatic heterocycles. The molecular formula is C28H32N2O4. The third-order valence-electron chi connectivity index (χ3n) is 5.18. The minimum absolute atomic E-state index is 0.167. The number of nitrogens with one attached hydrogen (secondary N) is 2. The third kappa shape index (κ3) is 7.18. The van der Waals surface area contributed by atoms with Crippen LogP contribution in [0, 0.1) is 0 Å². The summed E-state index contributed by atoms with van der Waals surface area (Å²) in [4.78, 5) is 25.4. The summed E-state index contributed by atoms with van der Waals surface area (Å²) in [5.74, 6) is -0.263. The Hall–Kier alpha value is -3.64. The van der Waals surface area contributed by atoms with Crippen LogP contribution in [-0.2, 0) is 17.7 Å². The van der Waals surface area contributed by atoms with E-state index in [1.807, 2.05) is 93.6 Å². The lowest BCUT2D eigenvalue weighted by Gasteiger charge is -2.21. The normalized spacial score (nSPS) is 12.0. The zero-order valence-corrected chi connectivity index (χ0v) is 19.9. The van der Waals surface area contributed by atoms with Crippen molar-refractivity contribution in [1.29, 1.82) is 0 Å². The summed E-state index contributed by atoms with van der Waals surface area (Å²) in [6, 6.07) is 24.3. The van der Waals surface area contributed by atoms with E-state index < -0.39 is 17.7 Å². The molecule has 6 nitrogen and oxygen atoms in total. The average Bonchev–Trinajstić information content (AvgIpc) is 2.82. The van der Waals surface area contributed by atoms with Gasteiger partial charge in [-0.2, -0.15) is 0 Å². The van der Waals surface area contributed by atoms with Crippen LogP contribution in [0.1, 0.15) is 42.3 Å². The molecule has 0 unspecified atom stereocenters. The number of alkyl carbamates (subject to hydrolysis) is 1. The average molecular weight is 461 g/mol. The van der Waals surface area contributed by atoms with Crippen molar-refractivity contribution in [3.63, 3.8) is 0 Å². The van der Waals surface area contributed by atoms with Gasteiger partial charge in [0, 0.05) is 12.1 Å². The molecular weight excluding hydrogens is 428 g/mol. The van der Waals surface area contributed by atoms with E-state index >= 15 is 0 Å². The lowest BCUT2D eigenvalue weighted by molar-refractivity contribution is 0.0523. The first-order valence-corrected chi connectivity index (χ1v) is 11.4. The highest BCUT2D eigenvalue weighted by atomic mass is 16.6. The maximum absolute atomic E-state index is 13.2. The minimum Gasteiger partial charge on any atom is -0.444 e. The number of aliphatic hydroxyl groups excluding tert-OH is 1. The molecule has 2 amide bonds. The van der Waals surface area contributed by atoms with E-state index in [0.29, 0.717) is 12.0 Å². The van der Waals surface area contributed by atoms with Crippen molar-refractivity contribution in [3.05, 3.63) is 95.6 Å². The summed E-state index contributed by atoms with van der Waals surface area (Å²) >= 11 is 0. The number of rotatable bonds is 8. The number of amides is 2. The Morgan fingerprint density at radius 2 is 1.50 bits per heavy atom. The van der Waals surface area contributed by atoms with Gasteiger partial charge in [-0.1, -0.05) is 72.8 Å². The van der Waals surface area contributed by atoms with Crippen LogP contribution in [0.25, 0.3) is 11.1 Å². The molecule has 0 saturated heterocycles. The second-order valence-corrected chi connectivity index (χ2v) is 9.10. The monoisotopic (exact) mass is 460 g/mol. The van der Waals surface area contributed by atoms with Gasteiger partial charge in [0.2, 0.25) is 0 Å². The molecule has 0 bridgehead atoms. The first kappa shape index (κ1) is 25.0. The van der Waals surface area contributed by atoms with Gasteiger partial charge in [-0.25, -0.2) is 4.79 Å². The van der Waals surface area contributed by atoms with E-state index in [2.05, 4.69) is 10.6 Å². The maximum Gasteiger partial charge on any atom is 0.407 e. The quantitative estimate of drug-likeness (QED) is 0.454. The molecule has 178 valence electrons. The van der Waals surface area contributed by atoms with Crippen LogP contribution < -0.4 is 10.6 Å². The van der Waals surface area contributed by atoms with E-state index in [9.17, 15) is 14.7 Å². The van der Waals surface area contributed by atoms with Crippen molar-refractivity contribution >= 4 is 12.0 Å². The highest BCUT2D eigenvalue weighted by molar-refractivity contribution is 6.01. The first-order chi connectivity index (χ1) is 16.3. The van der Waals surface area contributed by atoms with E-state index in [4.69, 9.17) is 4.74 Å². The fraction of sp³-hybridized carbons (Fsp3) is 0.286. The van der Waals surface area contributed by atoms with Gasteiger partial charge in [-0.05, 0) is 55.5 Å². The van der Waals surface area contributed by atoms with Crippen molar-refractivity contribution in [1.82, 2.24) is 10.6 Å². The second kappa shape index (κ2) is 11.5. The Kier molecular flexibility index (Phi) is 8.44. The number of hydrogen-bond acceptors (Lipinski definition) is 4. The summed E-state index contributed by atoms with van der Waals surface area (Å²) in [6.45, 7) is 5.53. The van der Waals surface area contributed by atoms with Gasteiger partial charge >= 0.3 is 6.09 Å². The number of hydrogen-bond donors (Lipinski definition) is 3. The van der Waals surface area contributed by atoms with Crippen molar-refractivity contribution in [2.75, 3.05) is 6.61 Å². The predicted molar refractivity (Wildman–Crippen MR) is 133 cm³/mol. The Balaban J connectivity index is 1.79. The summed E-state index contributed by atoms with van der Waals surface area (Å²) in [7, 11) is 0. The van der Waals surface area contributed by atoms with Crippen LogP contribution in [0.2, 0.25) is 0 Å². The van der Waals surface area contributed by atoms with Gasteiger partial charge < -0.3 is 20.5 Å². The molecule has 6 heteroatoms. The highest BCUT2D eigenvalue weighted by Gasteiger charge is 2.19. The summed E-state index contributed by atoms with van der Waals surface area (Å²) in [5.41, 5.74) is 3.40. The molecule has 0 aliphatic rings. The van der Waals surface area contributed by atoms with E-state index in [1.54, 1.807) is 6.07 Å². The number of carbonyl (C=O) groups is 2. The second-order valence-electron chi connectivity index (χ2n) is 9.10. The molecule has 0 spiro atoms. The van der Waals surface area contributed by atoms with Crippen LogP contribution >= 0.6 is 0 Å². The molecule has 3 rings (SSSR count). The van der Waals surface area contributed by atoms with Gasteiger partial charge in [0.15, 0.2) is 0 Å². The fourth-order valence-electron chi connectivity index (χ4n) is 3.66. The van der Waals surface area contributed by atoms with Crippen LogP contribution in [0.3, 0.4) is 0 Å². The predicted octanol–water partition coefficient (Wildman–Crippen LogP) is 4.71. The van der Waals surface area contributed by atoms with E-state index in [0.717, 1.165) is 22.3 Å². The van der Waals surface area contributed by atoms with E-state index in [-0.39, 0.29) is 19.1 Å². The Bertz CT molecular complexity index is 1110. The van der Waals surface area contributed by atoms with Gasteiger partial charge in [0.25, 0.3) is 5.91 Å². The van der Waals surface area contributed by atoms with Crippen LogP contribution in [0.5, 0.6) is 0 Å². The molecule has 1 atom stereocenters. The van der Waals surface area contributed by atoms with Crippen LogP contribution in [0.15, 0.2) is 78.9 Å². The van der Waals surface area contributed by atoms with Crippen LogP contribution in [-0.4, -0.2) is 35.4 Å². The molecule has 0 saturated carbocycles. The Labute approximate surface area is 201 Å². The molecule has 0 radical (unpaired) electrons. The largest absolute Gasteiger partial charge is 0.444 e. The molecule has 3 N–H and O–H groups in total. The molecule has 0 fully saturated rings. The summed E-state index contributed by atoms with van der Waals surface area (Å²) in [5, 5.41) is 15.6. The topological polar surface area (TPSA) is 87.7 Å². The molecule has 3 aromatic rings. The molecule has 0 aliphatic heterocycles. The smallest absolute Gasteiger partial charge is 0.407 e. The molecule has 3 aromatic carbocycles. The summed E-state index contributed by atoms with van der Waals surface area (Å²) in [6.07, 6.45) is 0.0294. The number of benzene rings is 3. The lowest BCUT2D eigenvalue weighted by Crippen LogP contribution is -2.39. The fourth-order valence-corrected chi connectivity index (χ4v) is 3.66. The molecule has 0 aliphatic carbocycles. The maximum atomic E-state index is 13.2. The lowest BCUT2D eigenvalue weighted by atomic mass is 9.94. The van der Waals surface area contributed by atoms with E-state index in [1.165, 1.54) is 0 Å². The third-order valence-corrected chi connectivity index (χ3v) is 5.18. The van der Waals surface area contributed by atoms with Gasteiger partial charge in [0.05, 0.1) is 12.6 Å². The van der Waals surface area contributed by atoms with Crippen molar-refractivity contribution in [3.8, 4) is 11.1 Å². The standard InChI is InChI=1S/C28H32N2O4/c1-28(2,3)34-27(33)29-18-21-13-7-8-14-23(21)24-15-9-10-16-25(24)26(32)30-22(19-31)17-20-11-5-4-6-12-20/h4-16,22,31H,17-19H2,1-3H3,(H,29,33)(H,30,32)/t22-/m1/s1. The Morgan fingerprint density at radius 3 is 2.18 bits per heavy atom. The van der Waals surface area contributed by atoms with Gasteiger partial charge in [-0.15, -0.1) is 0 Å². The first-order valence-electron chi connectivity index (χ1n) is 11.4. The highest BCUT2D eigenvalue weighted by Crippen LogP contribution is 2.27. The zero-order valence-electron chi connectivity index (χ0n) is 19.9. The summed E-state index contributed by atoms with van der Waals surface area (Å²) < 4.78 is 5.33. The number of carbonyl (C=O) groups excluding carboxylic acids is 2. The van der Waals surface area contributed by atoms with Crippen molar-refractivity contribution < 1.29 is 19.4 Å².